The molecule has 0 aromatic heterocycles. The van der Waals surface area contributed by atoms with E-state index in [4.69, 9.17) is 5.11 Å². The predicted molar refractivity (Wildman–Crippen MR) is 67.0 cm³/mol. The van der Waals surface area contributed by atoms with Gasteiger partial charge in [0.2, 0.25) is 5.91 Å². The molecule has 0 aliphatic carbocycles. The maximum atomic E-state index is 13.5. The Morgan fingerprint density at radius 3 is 2.45 bits per heavy atom. The Bertz CT molecular complexity index is 541. The van der Waals surface area contributed by atoms with Gasteiger partial charge in [-0.05, 0) is 25.5 Å². The Kier molecular flexibility index (Phi) is 3.74. The Balaban J connectivity index is 2.09. The third-order valence-electron chi connectivity index (χ3n) is 3.73. The van der Waals surface area contributed by atoms with E-state index >= 15 is 0 Å². The number of carboxylic acids is 1. The molecule has 0 bridgehead atoms. The van der Waals surface area contributed by atoms with Crippen molar-refractivity contribution in [2.24, 2.45) is 5.41 Å². The molecular weight excluding hydrogens is 268 g/mol. The van der Waals surface area contributed by atoms with Gasteiger partial charge in [0.1, 0.15) is 11.6 Å². The zero-order chi connectivity index (χ0) is 14.9. The van der Waals surface area contributed by atoms with Crippen LogP contribution in [-0.4, -0.2) is 35.0 Å². The van der Waals surface area contributed by atoms with Gasteiger partial charge in [-0.25, -0.2) is 8.78 Å². The number of likely N-dealkylation sites (tertiary alicyclic amines) is 1. The van der Waals surface area contributed by atoms with E-state index in [0.717, 1.165) is 12.1 Å². The Morgan fingerprint density at radius 1 is 1.35 bits per heavy atom. The summed E-state index contributed by atoms with van der Waals surface area (Å²) in [6.45, 7) is 1.92. The molecule has 1 aromatic rings. The van der Waals surface area contributed by atoms with E-state index in [-0.39, 0.29) is 18.7 Å². The first-order valence-corrected chi connectivity index (χ1v) is 6.27. The largest absolute Gasteiger partial charge is 0.481 e. The predicted octanol–water partition coefficient (Wildman–Crippen LogP) is 1.83. The number of nitrogens with zero attached hydrogens (tertiary/aromatic N) is 1. The Morgan fingerprint density at radius 2 is 1.95 bits per heavy atom. The molecule has 1 aliphatic rings. The minimum absolute atomic E-state index is 0.0667. The second kappa shape index (κ2) is 5.19. The highest BCUT2D eigenvalue weighted by Crippen LogP contribution is 2.30. The standard InChI is InChI=1S/C14H15F2NO3/c1-14(13(19)20)5-6-17(8-14)12(18)7-9-10(15)3-2-4-11(9)16/h2-4H,5-8H2,1H3,(H,19,20). The van der Waals surface area contributed by atoms with Crippen LogP contribution in [0.3, 0.4) is 0 Å². The molecule has 20 heavy (non-hydrogen) atoms. The third kappa shape index (κ3) is 2.64. The van der Waals surface area contributed by atoms with Gasteiger partial charge in [0, 0.05) is 18.7 Å². The monoisotopic (exact) mass is 283 g/mol. The molecule has 1 aromatic carbocycles. The number of carboxylic acid groups (broad SMARTS) is 1. The van der Waals surface area contributed by atoms with Gasteiger partial charge >= 0.3 is 5.97 Å². The number of carbonyl (C=O) groups excluding carboxylic acids is 1. The van der Waals surface area contributed by atoms with Gasteiger partial charge in [-0.15, -0.1) is 0 Å². The molecule has 1 saturated heterocycles. The number of hydrogen-bond acceptors (Lipinski definition) is 2. The van der Waals surface area contributed by atoms with Gasteiger partial charge < -0.3 is 10.0 Å². The van der Waals surface area contributed by atoms with Crippen LogP contribution in [0.25, 0.3) is 0 Å². The fraction of sp³-hybridized carbons (Fsp3) is 0.429. The summed E-state index contributed by atoms with van der Waals surface area (Å²) < 4.78 is 26.9. The normalized spacial score (nSPS) is 22.1. The number of hydrogen-bond donors (Lipinski definition) is 1. The maximum Gasteiger partial charge on any atom is 0.311 e. The van der Waals surface area contributed by atoms with E-state index in [1.165, 1.54) is 11.0 Å². The number of amides is 1. The lowest BCUT2D eigenvalue weighted by Crippen LogP contribution is -2.35. The van der Waals surface area contributed by atoms with E-state index in [1.54, 1.807) is 6.92 Å². The zero-order valence-corrected chi connectivity index (χ0v) is 11.0. The topological polar surface area (TPSA) is 57.6 Å². The molecule has 1 unspecified atom stereocenters. The van der Waals surface area contributed by atoms with Crippen LogP contribution in [0.2, 0.25) is 0 Å². The van der Waals surface area contributed by atoms with E-state index in [0.29, 0.717) is 6.42 Å². The lowest BCUT2D eigenvalue weighted by Gasteiger charge is -2.20. The van der Waals surface area contributed by atoms with Gasteiger partial charge in [0.15, 0.2) is 0 Å². The number of aliphatic carboxylic acids is 1. The molecule has 1 fully saturated rings. The Labute approximate surface area is 115 Å². The van der Waals surface area contributed by atoms with Crippen LogP contribution in [0.4, 0.5) is 8.78 Å². The van der Waals surface area contributed by atoms with Crippen molar-refractivity contribution in [2.45, 2.75) is 19.8 Å². The minimum atomic E-state index is -0.983. The average Bonchev–Trinajstić information content (AvgIpc) is 2.78. The third-order valence-corrected chi connectivity index (χ3v) is 3.73. The van der Waals surface area contributed by atoms with Crippen molar-refractivity contribution in [1.82, 2.24) is 4.90 Å². The minimum Gasteiger partial charge on any atom is -0.481 e. The maximum absolute atomic E-state index is 13.5. The molecule has 6 heteroatoms. The summed E-state index contributed by atoms with van der Waals surface area (Å²) in [5, 5.41) is 9.09. The van der Waals surface area contributed by atoms with Gasteiger partial charge in [0.25, 0.3) is 0 Å². The molecule has 0 radical (unpaired) electrons. The molecule has 4 nitrogen and oxygen atoms in total. The summed E-state index contributed by atoms with van der Waals surface area (Å²) >= 11 is 0. The summed E-state index contributed by atoms with van der Waals surface area (Å²) in [6.07, 6.45) is -0.0535. The second-order valence-corrected chi connectivity index (χ2v) is 5.31. The zero-order valence-electron chi connectivity index (χ0n) is 11.0. The number of benzene rings is 1. The molecule has 1 atom stereocenters. The van der Waals surface area contributed by atoms with Crippen molar-refractivity contribution in [3.63, 3.8) is 0 Å². The number of carbonyl (C=O) groups is 2. The Hall–Kier alpha value is -1.98. The lowest BCUT2D eigenvalue weighted by atomic mass is 9.90. The molecule has 1 heterocycles. The quantitative estimate of drug-likeness (QED) is 0.920. The fourth-order valence-electron chi connectivity index (χ4n) is 2.31. The number of halogens is 2. The van der Waals surface area contributed by atoms with Crippen LogP contribution >= 0.6 is 0 Å². The van der Waals surface area contributed by atoms with Crippen molar-refractivity contribution in [2.75, 3.05) is 13.1 Å². The molecule has 2 rings (SSSR count). The van der Waals surface area contributed by atoms with E-state index in [2.05, 4.69) is 0 Å². The van der Waals surface area contributed by atoms with Crippen LogP contribution in [-0.2, 0) is 16.0 Å². The van der Waals surface area contributed by atoms with E-state index < -0.39 is 35.3 Å². The first kappa shape index (κ1) is 14.4. The van der Waals surface area contributed by atoms with Gasteiger partial charge in [0.05, 0.1) is 11.8 Å². The summed E-state index contributed by atoms with van der Waals surface area (Å²) in [7, 11) is 0. The summed E-state index contributed by atoms with van der Waals surface area (Å²) in [5.41, 5.74) is -1.26. The lowest BCUT2D eigenvalue weighted by molar-refractivity contribution is -0.147. The van der Waals surface area contributed by atoms with Crippen LogP contribution in [0, 0.1) is 17.0 Å². The van der Waals surface area contributed by atoms with Crippen LogP contribution in [0.5, 0.6) is 0 Å². The smallest absolute Gasteiger partial charge is 0.311 e. The molecule has 1 aliphatic heterocycles. The van der Waals surface area contributed by atoms with Gasteiger partial charge in [-0.2, -0.15) is 0 Å². The second-order valence-electron chi connectivity index (χ2n) is 5.31. The van der Waals surface area contributed by atoms with E-state index in [1.807, 2.05) is 0 Å². The highest BCUT2D eigenvalue weighted by Gasteiger charge is 2.42. The number of rotatable bonds is 3. The van der Waals surface area contributed by atoms with Gasteiger partial charge in [-0.3, -0.25) is 9.59 Å². The van der Waals surface area contributed by atoms with Crippen molar-refractivity contribution < 1.29 is 23.5 Å². The van der Waals surface area contributed by atoms with E-state index in [9.17, 15) is 18.4 Å². The van der Waals surface area contributed by atoms with Crippen molar-refractivity contribution >= 4 is 11.9 Å². The van der Waals surface area contributed by atoms with Crippen molar-refractivity contribution in [1.29, 1.82) is 0 Å². The highest BCUT2D eigenvalue weighted by atomic mass is 19.1. The first-order chi connectivity index (χ1) is 9.33. The van der Waals surface area contributed by atoms with Crippen molar-refractivity contribution in [3.8, 4) is 0 Å². The SMILES string of the molecule is CC1(C(=O)O)CCN(C(=O)Cc2c(F)cccc2F)C1. The molecule has 0 saturated carbocycles. The molecular formula is C14H15F2NO3. The van der Waals surface area contributed by atoms with Crippen LogP contribution in [0.15, 0.2) is 18.2 Å². The summed E-state index contributed by atoms with van der Waals surface area (Å²) in [6, 6.07) is 3.42. The molecule has 0 spiro atoms. The molecule has 108 valence electrons. The average molecular weight is 283 g/mol. The van der Waals surface area contributed by atoms with Crippen molar-refractivity contribution in [3.05, 3.63) is 35.4 Å². The fourth-order valence-corrected chi connectivity index (χ4v) is 2.31. The van der Waals surface area contributed by atoms with Gasteiger partial charge in [-0.1, -0.05) is 6.07 Å². The van der Waals surface area contributed by atoms with Crippen LogP contribution in [0.1, 0.15) is 18.9 Å². The molecule has 1 N–H and O–H groups in total. The summed E-state index contributed by atoms with van der Waals surface area (Å²) in [5.74, 6) is -2.96. The molecule has 1 amide bonds. The first-order valence-electron chi connectivity index (χ1n) is 6.27. The highest BCUT2D eigenvalue weighted by molar-refractivity contribution is 5.82. The summed E-state index contributed by atoms with van der Waals surface area (Å²) in [4.78, 5) is 24.5. The van der Waals surface area contributed by atoms with Crippen LogP contribution < -0.4 is 0 Å².